The second kappa shape index (κ2) is 9.05. The van der Waals surface area contributed by atoms with Crippen LogP contribution in [0, 0.1) is 0 Å². The molecule has 0 radical (unpaired) electrons. The number of nitrogens with one attached hydrogen (secondary N) is 1. The number of fused-ring (bicyclic) bond motifs is 1. The fourth-order valence-corrected chi connectivity index (χ4v) is 3.27. The standard InChI is InChI=1S/C22H17ClN6O4/c1-29-20(18(26-28-29)22(32)33-2)27-25-16-11-12-5-3-4-6-15(12)17(19(16)30)21(31)24-14-9-7-13(23)8-10-14/h3-11,30H,1-2H3,(H,24,31)/b27-25+. The summed E-state index contributed by atoms with van der Waals surface area (Å²) < 4.78 is 5.91. The first-order valence-electron chi connectivity index (χ1n) is 9.60. The summed E-state index contributed by atoms with van der Waals surface area (Å²) in [5.74, 6) is -1.62. The highest BCUT2D eigenvalue weighted by atomic mass is 35.5. The maximum atomic E-state index is 13.1. The maximum absolute atomic E-state index is 13.1. The van der Waals surface area contributed by atoms with Crippen LogP contribution in [0.3, 0.4) is 0 Å². The lowest BCUT2D eigenvalue weighted by Gasteiger charge is -2.12. The van der Waals surface area contributed by atoms with E-state index in [1.54, 1.807) is 54.6 Å². The Morgan fingerprint density at radius 1 is 1.12 bits per heavy atom. The van der Waals surface area contributed by atoms with Crippen molar-refractivity contribution in [2.75, 3.05) is 12.4 Å². The molecule has 0 atom stereocenters. The van der Waals surface area contributed by atoms with E-state index in [0.29, 0.717) is 21.5 Å². The van der Waals surface area contributed by atoms with Crippen LogP contribution in [0.2, 0.25) is 5.02 Å². The van der Waals surface area contributed by atoms with Gasteiger partial charge in [0.25, 0.3) is 5.91 Å². The van der Waals surface area contributed by atoms with Crippen molar-refractivity contribution in [2.24, 2.45) is 17.3 Å². The highest BCUT2D eigenvalue weighted by Crippen LogP contribution is 2.38. The van der Waals surface area contributed by atoms with E-state index >= 15 is 0 Å². The predicted molar refractivity (Wildman–Crippen MR) is 122 cm³/mol. The number of amides is 1. The van der Waals surface area contributed by atoms with Crippen LogP contribution in [-0.4, -0.2) is 39.1 Å². The van der Waals surface area contributed by atoms with E-state index in [1.165, 1.54) is 18.8 Å². The van der Waals surface area contributed by atoms with Crippen molar-refractivity contribution in [3.8, 4) is 5.75 Å². The quantitative estimate of drug-likeness (QED) is 0.322. The Hall–Kier alpha value is -4.31. The smallest absolute Gasteiger partial charge is 0.362 e. The van der Waals surface area contributed by atoms with E-state index in [1.807, 2.05) is 0 Å². The molecule has 3 aromatic carbocycles. The Morgan fingerprint density at radius 3 is 2.58 bits per heavy atom. The highest BCUT2D eigenvalue weighted by Gasteiger charge is 2.21. The summed E-state index contributed by atoms with van der Waals surface area (Å²) in [6.07, 6.45) is 0. The molecular weight excluding hydrogens is 448 g/mol. The number of hydrogen-bond donors (Lipinski definition) is 2. The summed E-state index contributed by atoms with van der Waals surface area (Å²) in [7, 11) is 2.73. The Balaban J connectivity index is 1.78. The van der Waals surface area contributed by atoms with Gasteiger partial charge in [-0.05, 0) is 41.1 Å². The van der Waals surface area contributed by atoms with Gasteiger partial charge in [-0.3, -0.25) is 4.79 Å². The van der Waals surface area contributed by atoms with Crippen LogP contribution in [-0.2, 0) is 11.8 Å². The molecule has 1 aromatic heterocycles. The molecule has 166 valence electrons. The molecule has 0 fully saturated rings. The Morgan fingerprint density at radius 2 is 1.85 bits per heavy atom. The molecule has 4 rings (SSSR count). The van der Waals surface area contributed by atoms with Gasteiger partial charge in [-0.15, -0.1) is 15.3 Å². The molecule has 1 amide bonds. The molecule has 0 aliphatic heterocycles. The number of carbonyl (C=O) groups is 2. The second-order valence-corrected chi connectivity index (χ2v) is 7.31. The zero-order chi connectivity index (χ0) is 23.5. The molecule has 2 N–H and O–H groups in total. The van der Waals surface area contributed by atoms with Gasteiger partial charge in [-0.25, -0.2) is 9.48 Å². The van der Waals surface area contributed by atoms with Crippen LogP contribution in [0.5, 0.6) is 5.75 Å². The van der Waals surface area contributed by atoms with Crippen molar-refractivity contribution in [3.63, 3.8) is 0 Å². The largest absolute Gasteiger partial charge is 0.505 e. The number of anilines is 1. The van der Waals surface area contributed by atoms with Crippen LogP contribution < -0.4 is 5.32 Å². The molecule has 10 nitrogen and oxygen atoms in total. The van der Waals surface area contributed by atoms with E-state index in [9.17, 15) is 14.7 Å². The molecule has 0 spiro atoms. The molecule has 0 aliphatic carbocycles. The molecule has 0 bridgehead atoms. The number of hydrogen-bond acceptors (Lipinski definition) is 8. The van der Waals surface area contributed by atoms with Gasteiger partial charge in [0, 0.05) is 17.8 Å². The number of rotatable bonds is 5. The lowest BCUT2D eigenvalue weighted by atomic mass is 10.0. The lowest BCUT2D eigenvalue weighted by molar-refractivity contribution is 0.0594. The van der Waals surface area contributed by atoms with Crippen molar-refractivity contribution < 1.29 is 19.4 Å². The first-order valence-corrected chi connectivity index (χ1v) is 9.98. The second-order valence-electron chi connectivity index (χ2n) is 6.88. The zero-order valence-electron chi connectivity index (χ0n) is 17.5. The van der Waals surface area contributed by atoms with E-state index in [2.05, 4.69) is 30.6 Å². The maximum Gasteiger partial charge on any atom is 0.362 e. The third kappa shape index (κ3) is 4.37. The van der Waals surface area contributed by atoms with Gasteiger partial charge in [0.2, 0.25) is 11.5 Å². The minimum Gasteiger partial charge on any atom is -0.505 e. The number of benzene rings is 3. The fourth-order valence-electron chi connectivity index (χ4n) is 3.15. The average molecular weight is 465 g/mol. The zero-order valence-corrected chi connectivity index (χ0v) is 18.2. The van der Waals surface area contributed by atoms with E-state index in [4.69, 9.17) is 11.6 Å². The molecule has 1 heterocycles. The number of esters is 1. The van der Waals surface area contributed by atoms with E-state index < -0.39 is 11.9 Å². The Labute approximate surface area is 192 Å². The number of ether oxygens (including phenoxy) is 1. The van der Waals surface area contributed by atoms with E-state index in [-0.39, 0.29) is 28.5 Å². The van der Waals surface area contributed by atoms with Crippen molar-refractivity contribution in [1.82, 2.24) is 15.0 Å². The van der Waals surface area contributed by atoms with Crippen LogP contribution in [0.4, 0.5) is 17.2 Å². The minimum atomic E-state index is -0.734. The normalized spacial score (nSPS) is 11.1. The third-order valence-corrected chi connectivity index (χ3v) is 5.01. The van der Waals surface area contributed by atoms with Crippen molar-refractivity contribution in [1.29, 1.82) is 0 Å². The topological polar surface area (TPSA) is 131 Å². The van der Waals surface area contributed by atoms with Crippen LogP contribution in [0.15, 0.2) is 64.8 Å². The average Bonchev–Trinajstić information content (AvgIpc) is 3.18. The van der Waals surface area contributed by atoms with Gasteiger partial charge in [-0.2, -0.15) is 0 Å². The number of nitrogens with zero attached hydrogens (tertiary/aromatic N) is 5. The van der Waals surface area contributed by atoms with Gasteiger partial charge in [0.15, 0.2) is 5.75 Å². The van der Waals surface area contributed by atoms with Gasteiger partial charge in [0.05, 0.1) is 12.7 Å². The SMILES string of the molecule is COC(=O)c1nnn(C)c1/N=N/c1cc2ccccc2c(C(=O)Nc2ccc(Cl)cc2)c1O. The van der Waals surface area contributed by atoms with Gasteiger partial charge < -0.3 is 15.2 Å². The molecule has 0 saturated carbocycles. The van der Waals surface area contributed by atoms with Crippen molar-refractivity contribution >= 4 is 51.4 Å². The summed E-state index contributed by atoms with van der Waals surface area (Å²) in [4.78, 5) is 25.0. The molecule has 33 heavy (non-hydrogen) atoms. The molecule has 0 aliphatic rings. The number of aryl methyl sites for hydroxylation is 1. The first-order chi connectivity index (χ1) is 15.9. The van der Waals surface area contributed by atoms with Gasteiger partial charge >= 0.3 is 5.97 Å². The van der Waals surface area contributed by atoms with Crippen LogP contribution in [0.25, 0.3) is 10.8 Å². The first kappa shape index (κ1) is 21.9. The number of phenols is 1. The third-order valence-electron chi connectivity index (χ3n) is 4.76. The number of carbonyl (C=O) groups excluding carboxylic acids is 2. The molecular formula is C22H17ClN6O4. The summed E-state index contributed by atoms with van der Waals surface area (Å²) in [6, 6.07) is 15.2. The van der Waals surface area contributed by atoms with Crippen molar-refractivity contribution in [3.05, 3.63) is 70.9 Å². The summed E-state index contributed by atoms with van der Waals surface area (Å²) in [5.41, 5.74) is 0.411. The van der Waals surface area contributed by atoms with Gasteiger partial charge in [-0.1, -0.05) is 41.1 Å². The van der Waals surface area contributed by atoms with Crippen molar-refractivity contribution in [2.45, 2.75) is 0 Å². The molecule has 4 aromatic rings. The molecule has 0 unspecified atom stereocenters. The number of methoxy groups -OCH3 is 1. The molecule has 0 saturated heterocycles. The van der Waals surface area contributed by atoms with Gasteiger partial charge in [0.1, 0.15) is 5.69 Å². The van der Waals surface area contributed by atoms with Crippen LogP contribution in [0.1, 0.15) is 20.8 Å². The predicted octanol–water partition coefficient (Wildman–Crippen LogP) is 4.78. The Kier molecular flexibility index (Phi) is 6.01. The number of aromatic hydroxyl groups is 1. The summed E-state index contributed by atoms with van der Waals surface area (Å²) in [6.45, 7) is 0. The van der Waals surface area contributed by atoms with Crippen LogP contribution >= 0.6 is 11.6 Å². The molecule has 11 heteroatoms. The summed E-state index contributed by atoms with van der Waals surface area (Å²) in [5, 5.41) is 30.9. The Bertz CT molecular complexity index is 1400. The lowest BCUT2D eigenvalue weighted by Crippen LogP contribution is -2.12. The number of aromatic nitrogens is 3. The fraction of sp³-hybridized carbons (Fsp3) is 0.0909. The number of phenolic OH excluding ortho intramolecular Hbond substituents is 1. The highest BCUT2D eigenvalue weighted by molar-refractivity contribution is 6.30. The monoisotopic (exact) mass is 464 g/mol. The minimum absolute atomic E-state index is 0.0203. The number of azo groups is 1. The number of halogens is 1. The van der Waals surface area contributed by atoms with E-state index in [0.717, 1.165) is 0 Å². The summed E-state index contributed by atoms with van der Waals surface area (Å²) >= 11 is 5.90.